The number of likely N-dealkylation sites (tertiary alicyclic amines) is 1. The molecule has 0 radical (unpaired) electrons. The SMILES string of the molecule is Cc1nc(N=C(N(C)C)N(C)C)sc1C(=O)N1CCCC[C@@H]1c1ncc(Cc2ccccc2)o1. The first-order valence-electron chi connectivity index (χ1n) is 11.5. The molecule has 2 aromatic heterocycles. The zero-order valence-corrected chi connectivity index (χ0v) is 21.3. The molecule has 0 aliphatic carbocycles. The number of nitrogens with zero attached hydrogens (tertiary/aromatic N) is 6. The topological polar surface area (TPSA) is 78.1 Å². The third-order valence-electron chi connectivity index (χ3n) is 5.82. The Bertz CT molecular complexity index is 1140. The van der Waals surface area contributed by atoms with Crippen molar-refractivity contribution in [2.75, 3.05) is 34.7 Å². The van der Waals surface area contributed by atoms with Gasteiger partial charge in [-0.15, -0.1) is 0 Å². The summed E-state index contributed by atoms with van der Waals surface area (Å²) in [5.74, 6) is 2.17. The summed E-state index contributed by atoms with van der Waals surface area (Å²) < 4.78 is 6.13. The smallest absolute Gasteiger partial charge is 0.266 e. The highest BCUT2D eigenvalue weighted by molar-refractivity contribution is 7.17. The first-order chi connectivity index (χ1) is 16.3. The summed E-state index contributed by atoms with van der Waals surface area (Å²) in [6.07, 6.45) is 5.31. The highest BCUT2D eigenvalue weighted by atomic mass is 32.1. The molecular formula is C25H32N6O2S. The summed E-state index contributed by atoms with van der Waals surface area (Å²) in [6.45, 7) is 2.55. The second kappa shape index (κ2) is 10.4. The summed E-state index contributed by atoms with van der Waals surface area (Å²) >= 11 is 1.33. The number of oxazole rings is 1. The Labute approximate surface area is 204 Å². The van der Waals surface area contributed by atoms with Gasteiger partial charge in [0.15, 0.2) is 0 Å². The van der Waals surface area contributed by atoms with Crippen LogP contribution in [0, 0.1) is 6.92 Å². The summed E-state index contributed by atoms with van der Waals surface area (Å²) in [5, 5.41) is 0.577. The molecule has 8 nitrogen and oxygen atoms in total. The predicted molar refractivity (Wildman–Crippen MR) is 135 cm³/mol. The molecule has 1 atom stereocenters. The van der Waals surface area contributed by atoms with Gasteiger partial charge >= 0.3 is 0 Å². The van der Waals surface area contributed by atoms with Gasteiger partial charge in [-0.25, -0.2) is 9.97 Å². The molecule has 1 aliphatic heterocycles. The van der Waals surface area contributed by atoms with Crippen molar-refractivity contribution in [3.8, 4) is 0 Å². The lowest BCUT2D eigenvalue weighted by Crippen LogP contribution is -2.38. The summed E-state index contributed by atoms with van der Waals surface area (Å²) in [4.78, 5) is 33.8. The van der Waals surface area contributed by atoms with Crippen LogP contribution in [0.2, 0.25) is 0 Å². The minimum absolute atomic E-state index is 0.0276. The molecule has 0 bridgehead atoms. The number of guanidine groups is 1. The number of hydrogen-bond donors (Lipinski definition) is 0. The molecule has 0 saturated carbocycles. The van der Waals surface area contributed by atoms with Crippen LogP contribution in [0.5, 0.6) is 0 Å². The Morgan fingerprint density at radius 1 is 1.18 bits per heavy atom. The molecule has 0 unspecified atom stereocenters. The number of aromatic nitrogens is 2. The minimum Gasteiger partial charge on any atom is -0.443 e. The number of benzene rings is 1. The fourth-order valence-electron chi connectivity index (χ4n) is 4.23. The van der Waals surface area contributed by atoms with Crippen LogP contribution in [0.25, 0.3) is 0 Å². The lowest BCUT2D eigenvalue weighted by molar-refractivity contribution is 0.0574. The van der Waals surface area contributed by atoms with Crippen LogP contribution in [0.4, 0.5) is 5.13 Å². The Balaban J connectivity index is 1.56. The maximum absolute atomic E-state index is 13.6. The first-order valence-corrected chi connectivity index (χ1v) is 12.4. The van der Waals surface area contributed by atoms with E-state index in [9.17, 15) is 4.79 Å². The van der Waals surface area contributed by atoms with Crippen molar-refractivity contribution in [1.29, 1.82) is 0 Å². The molecule has 9 heteroatoms. The average molecular weight is 481 g/mol. The number of hydrogen-bond acceptors (Lipinski definition) is 6. The van der Waals surface area contributed by atoms with Crippen LogP contribution in [0.1, 0.15) is 57.9 Å². The monoisotopic (exact) mass is 480 g/mol. The second-order valence-corrected chi connectivity index (χ2v) is 9.93. The number of carbonyl (C=O) groups is 1. The number of rotatable bonds is 5. The third-order valence-corrected chi connectivity index (χ3v) is 6.86. The summed E-state index contributed by atoms with van der Waals surface area (Å²) in [6, 6.07) is 10.0. The molecule has 1 fully saturated rings. The summed E-state index contributed by atoms with van der Waals surface area (Å²) in [5.41, 5.74) is 1.87. The van der Waals surface area contributed by atoms with Gasteiger partial charge in [-0.1, -0.05) is 41.7 Å². The molecule has 4 rings (SSSR count). The van der Waals surface area contributed by atoms with Crippen LogP contribution in [-0.2, 0) is 6.42 Å². The molecule has 3 aromatic rings. The van der Waals surface area contributed by atoms with Crippen molar-refractivity contribution in [2.24, 2.45) is 4.99 Å². The predicted octanol–water partition coefficient (Wildman–Crippen LogP) is 4.51. The molecule has 1 saturated heterocycles. The van der Waals surface area contributed by atoms with E-state index in [0.29, 0.717) is 34.6 Å². The van der Waals surface area contributed by atoms with Gasteiger partial charge in [0, 0.05) is 41.2 Å². The van der Waals surface area contributed by atoms with E-state index >= 15 is 0 Å². The number of aryl methyl sites for hydroxylation is 1. The minimum atomic E-state index is -0.168. The van der Waals surface area contributed by atoms with E-state index in [1.807, 2.05) is 68.0 Å². The quantitative estimate of drug-likeness (QED) is 0.395. The lowest BCUT2D eigenvalue weighted by Gasteiger charge is -2.33. The van der Waals surface area contributed by atoms with Gasteiger partial charge in [0.2, 0.25) is 17.0 Å². The first kappa shape index (κ1) is 23.9. The largest absolute Gasteiger partial charge is 0.443 e. The van der Waals surface area contributed by atoms with Gasteiger partial charge in [-0.2, -0.15) is 4.99 Å². The second-order valence-electron chi connectivity index (χ2n) is 8.95. The highest BCUT2D eigenvalue weighted by Gasteiger charge is 2.33. The molecule has 3 heterocycles. The van der Waals surface area contributed by atoms with Gasteiger partial charge < -0.3 is 19.1 Å². The van der Waals surface area contributed by atoms with Crippen LogP contribution in [0.3, 0.4) is 0 Å². The van der Waals surface area contributed by atoms with Crippen molar-refractivity contribution >= 4 is 28.3 Å². The molecule has 34 heavy (non-hydrogen) atoms. The molecule has 1 aliphatic rings. The third kappa shape index (κ3) is 5.30. The van der Waals surface area contributed by atoms with E-state index in [2.05, 4.69) is 27.1 Å². The van der Waals surface area contributed by atoms with Crippen molar-refractivity contribution in [1.82, 2.24) is 24.7 Å². The Hall–Kier alpha value is -3.20. The molecular weight excluding hydrogens is 448 g/mol. The van der Waals surface area contributed by atoms with E-state index in [-0.39, 0.29) is 11.9 Å². The van der Waals surface area contributed by atoms with Crippen LogP contribution < -0.4 is 0 Å². The molecule has 1 aromatic carbocycles. The van der Waals surface area contributed by atoms with E-state index in [1.165, 1.54) is 16.9 Å². The van der Waals surface area contributed by atoms with Crippen molar-refractivity contribution in [2.45, 2.75) is 38.6 Å². The van der Waals surface area contributed by atoms with Gasteiger partial charge in [0.1, 0.15) is 16.7 Å². The normalized spacial score (nSPS) is 15.8. The van der Waals surface area contributed by atoms with Gasteiger partial charge in [-0.05, 0) is 31.7 Å². The molecule has 180 valence electrons. The summed E-state index contributed by atoms with van der Waals surface area (Å²) in [7, 11) is 7.75. The van der Waals surface area contributed by atoms with Gasteiger partial charge in [0.05, 0.1) is 11.9 Å². The Morgan fingerprint density at radius 3 is 2.62 bits per heavy atom. The van der Waals surface area contributed by atoms with Crippen LogP contribution in [-0.4, -0.2) is 71.3 Å². The number of piperidine rings is 1. The Morgan fingerprint density at radius 2 is 1.91 bits per heavy atom. The Kier molecular flexibility index (Phi) is 7.31. The van der Waals surface area contributed by atoms with Crippen LogP contribution in [0.15, 0.2) is 45.9 Å². The standard InChI is InChI=1S/C25H32N6O2S/c1-17-21(34-24(27-17)28-25(29(2)3)30(4)5)23(32)31-14-10-9-13-20(31)22-26-16-19(33-22)15-18-11-7-6-8-12-18/h6-8,11-12,16,20H,9-10,13-15H2,1-5H3/t20-/m1/s1. The van der Waals surface area contributed by atoms with Gasteiger partial charge in [0.25, 0.3) is 5.91 Å². The molecule has 0 spiro atoms. The molecule has 0 N–H and O–H groups in total. The average Bonchev–Trinajstić information content (AvgIpc) is 3.43. The fraction of sp³-hybridized carbons (Fsp3) is 0.440. The van der Waals surface area contributed by atoms with Crippen molar-refractivity contribution in [3.63, 3.8) is 0 Å². The maximum atomic E-state index is 13.6. The number of amides is 1. The van der Waals surface area contributed by atoms with Gasteiger partial charge in [-0.3, -0.25) is 4.79 Å². The number of thiazole rings is 1. The zero-order chi connectivity index (χ0) is 24.2. The number of aliphatic imine (C=N–C) groups is 1. The van der Waals surface area contributed by atoms with Crippen molar-refractivity contribution in [3.05, 3.63) is 64.3 Å². The van der Waals surface area contributed by atoms with E-state index in [0.717, 1.165) is 31.0 Å². The number of carbonyl (C=O) groups excluding carboxylic acids is 1. The van der Waals surface area contributed by atoms with Crippen molar-refractivity contribution < 1.29 is 9.21 Å². The van der Waals surface area contributed by atoms with E-state index < -0.39 is 0 Å². The fourth-order valence-corrected chi connectivity index (χ4v) is 5.12. The van der Waals surface area contributed by atoms with E-state index in [1.54, 1.807) is 6.20 Å². The zero-order valence-electron chi connectivity index (χ0n) is 20.5. The maximum Gasteiger partial charge on any atom is 0.266 e. The van der Waals surface area contributed by atoms with E-state index in [4.69, 9.17) is 4.42 Å². The highest BCUT2D eigenvalue weighted by Crippen LogP contribution is 2.35. The van der Waals surface area contributed by atoms with Crippen LogP contribution >= 0.6 is 11.3 Å². The molecule has 1 amide bonds. The lowest BCUT2D eigenvalue weighted by atomic mass is 10.0.